The van der Waals surface area contributed by atoms with E-state index >= 15 is 0 Å². The van der Waals surface area contributed by atoms with E-state index in [1.165, 1.54) is 63.5 Å². The van der Waals surface area contributed by atoms with Gasteiger partial charge in [-0.15, -0.1) is 0 Å². The third-order valence-corrected chi connectivity index (χ3v) is 8.29. The zero-order valence-corrected chi connectivity index (χ0v) is 29.2. The lowest BCUT2D eigenvalue weighted by Gasteiger charge is -2.47. The summed E-state index contributed by atoms with van der Waals surface area (Å²) in [7, 11) is 1.36. The molecule has 0 aromatic carbocycles. The Hall–Kier alpha value is -6.43. The fourth-order valence-electron chi connectivity index (χ4n) is 5.62. The maximum Gasteiger partial charge on any atom is 0.349 e. The minimum Gasteiger partial charge on any atom is -0.480 e. The first-order valence-electron chi connectivity index (χ1n) is 16.2. The summed E-state index contributed by atoms with van der Waals surface area (Å²) in [5.41, 5.74) is -1.67. The number of allylic oxidation sites excluding steroid dienone is 8. The van der Waals surface area contributed by atoms with Gasteiger partial charge in [0.25, 0.3) is 29.3 Å². The van der Waals surface area contributed by atoms with Gasteiger partial charge in [-0.3, -0.25) is 4.79 Å². The highest BCUT2D eigenvalue weighted by Crippen LogP contribution is 2.46. The molecule has 3 fully saturated rings. The van der Waals surface area contributed by atoms with Gasteiger partial charge in [0.1, 0.15) is 35.3 Å². The number of rotatable bonds is 9. The van der Waals surface area contributed by atoms with Crippen LogP contribution >= 0.6 is 0 Å². The zero-order chi connectivity index (χ0) is 39.5. The third-order valence-electron chi connectivity index (χ3n) is 8.29. The van der Waals surface area contributed by atoms with E-state index in [9.17, 15) is 43.8 Å². The Morgan fingerprint density at radius 2 is 1.07 bits per heavy atom. The maximum atomic E-state index is 12.9. The second-order valence-electron chi connectivity index (χ2n) is 12.5. The van der Waals surface area contributed by atoms with E-state index in [-0.39, 0.29) is 31.4 Å². The summed E-state index contributed by atoms with van der Waals surface area (Å²) >= 11 is 0. The van der Waals surface area contributed by atoms with Gasteiger partial charge in [0.2, 0.25) is 5.78 Å². The number of methoxy groups -OCH3 is 1. The van der Waals surface area contributed by atoms with E-state index in [2.05, 4.69) is 0 Å². The predicted octanol–water partition coefficient (Wildman–Crippen LogP) is 2.58. The molecule has 2 spiro atoms. The van der Waals surface area contributed by atoms with Crippen LogP contribution in [0.4, 0.5) is 0 Å². The van der Waals surface area contributed by atoms with Gasteiger partial charge in [0.05, 0.1) is 0 Å². The molecular formula is C36H34O18. The van der Waals surface area contributed by atoms with Crippen molar-refractivity contribution in [2.45, 2.75) is 69.6 Å². The van der Waals surface area contributed by atoms with Gasteiger partial charge >= 0.3 is 41.6 Å². The number of ether oxygens (including phenoxy) is 9. The Balaban J connectivity index is 1.19. The van der Waals surface area contributed by atoms with Crippen LogP contribution in [0, 0.1) is 0 Å². The summed E-state index contributed by atoms with van der Waals surface area (Å²) in [6.45, 7) is 3.56. The number of aliphatic hydroxyl groups excluding tert-OH is 2. The van der Waals surface area contributed by atoms with Gasteiger partial charge in [-0.2, -0.15) is 0 Å². The molecule has 18 heteroatoms. The lowest BCUT2D eigenvalue weighted by atomic mass is 9.87. The molecule has 2 atom stereocenters. The highest BCUT2D eigenvalue weighted by molar-refractivity contribution is 6.16. The minimum absolute atomic E-state index is 0.0145. The number of hydrogen-bond acceptors (Lipinski definition) is 18. The van der Waals surface area contributed by atoms with Crippen molar-refractivity contribution in [1.82, 2.24) is 0 Å². The minimum atomic E-state index is -1.97. The third kappa shape index (κ3) is 8.12. The largest absolute Gasteiger partial charge is 0.480 e. The number of carbonyl (C=O) groups is 7. The van der Waals surface area contributed by atoms with Crippen LogP contribution in [0.25, 0.3) is 0 Å². The topological polar surface area (TPSA) is 243 Å². The molecule has 2 saturated heterocycles. The summed E-state index contributed by atoms with van der Waals surface area (Å²) in [6.07, 6.45) is 11.8. The molecule has 2 unspecified atom stereocenters. The van der Waals surface area contributed by atoms with Crippen LogP contribution in [0.1, 0.15) is 46.5 Å². The molecule has 2 N–H and O–H groups in total. The van der Waals surface area contributed by atoms with Gasteiger partial charge in [-0.05, 0) is 30.7 Å². The van der Waals surface area contributed by atoms with Crippen LogP contribution in [0.2, 0.25) is 0 Å². The molecule has 4 aliphatic heterocycles. The van der Waals surface area contributed by atoms with Crippen molar-refractivity contribution < 1.29 is 86.4 Å². The Labute approximate surface area is 306 Å². The molecular weight excluding hydrogens is 720 g/mol. The molecule has 1 aliphatic carbocycles. The summed E-state index contributed by atoms with van der Waals surface area (Å²) in [5, 5.41) is 20.2. The summed E-state index contributed by atoms with van der Waals surface area (Å²) in [4.78, 5) is 87.9. The Morgan fingerprint density at radius 3 is 1.48 bits per heavy atom. The smallest absolute Gasteiger partial charge is 0.349 e. The molecule has 18 nitrogen and oxygen atoms in total. The Bertz CT molecular complexity index is 1900. The van der Waals surface area contributed by atoms with Crippen LogP contribution in [0.5, 0.6) is 0 Å². The maximum absolute atomic E-state index is 12.9. The standard InChI is InChI=1S/C36H34O18/c1-20(37)34(3)49-27(40)22(28(41)50-34)13-8-6-10-15-24-31(44)53-36(54-32(24)45)17-11-16-35(18-36)51-29(42)23(30(43)52-35)14-9-5-7-12-21-25(38)47-33(2,19-46-4)48-26(21)39/h5-10,12-15,38,40H,11,16-19H2,1-4H3. The summed E-state index contributed by atoms with van der Waals surface area (Å²) in [6, 6.07) is 0. The first kappa shape index (κ1) is 38.8. The number of ketones is 1. The molecule has 0 amide bonds. The van der Waals surface area contributed by atoms with Crippen LogP contribution in [-0.4, -0.2) is 88.7 Å². The van der Waals surface area contributed by atoms with Gasteiger partial charge < -0.3 is 52.8 Å². The molecule has 54 heavy (non-hydrogen) atoms. The van der Waals surface area contributed by atoms with E-state index in [4.69, 9.17) is 42.6 Å². The molecule has 0 aromatic rings. The van der Waals surface area contributed by atoms with Crippen molar-refractivity contribution in [2.24, 2.45) is 0 Å². The van der Waals surface area contributed by atoms with Crippen molar-refractivity contribution in [3.05, 3.63) is 94.9 Å². The van der Waals surface area contributed by atoms with Crippen molar-refractivity contribution in [2.75, 3.05) is 13.7 Å². The van der Waals surface area contributed by atoms with Gasteiger partial charge in [-0.25, -0.2) is 28.8 Å². The molecule has 286 valence electrons. The monoisotopic (exact) mass is 754 g/mol. The molecule has 5 aliphatic rings. The van der Waals surface area contributed by atoms with E-state index < -0.39 is 99.8 Å². The fourth-order valence-corrected chi connectivity index (χ4v) is 5.62. The number of hydrogen-bond donors (Lipinski definition) is 2. The summed E-state index contributed by atoms with van der Waals surface area (Å²) in [5.74, 6) is -15.6. The van der Waals surface area contributed by atoms with Crippen LogP contribution in [0.15, 0.2) is 94.9 Å². The van der Waals surface area contributed by atoms with Crippen LogP contribution < -0.4 is 0 Å². The van der Waals surface area contributed by atoms with Crippen molar-refractivity contribution in [3.63, 3.8) is 0 Å². The zero-order valence-electron chi connectivity index (χ0n) is 29.2. The molecule has 5 rings (SSSR count). The molecule has 0 radical (unpaired) electrons. The van der Waals surface area contributed by atoms with Gasteiger partial charge in [0, 0.05) is 40.7 Å². The average Bonchev–Trinajstić information content (AvgIpc) is 3.04. The number of cyclic esters (lactones) is 2. The number of carbonyl (C=O) groups excluding carboxylic acids is 7. The summed E-state index contributed by atoms with van der Waals surface area (Å²) < 4.78 is 47.2. The quantitative estimate of drug-likeness (QED) is 0.113. The SMILES string of the molecule is COCC1(C)OC(=O)C(C=CC=CC=C2C(=O)OC3(CCCC4(C3)OC(=O)C(=CC=CC=CC3=C(O)OC(C)(C(C)=O)OC3=O)C(=O)O4)OC2=O)=C(O)O1. The second kappa shape index (κ2) is 14.9. The van der Waals surface area contributed by atoms with E-state index in [0.717, 1.165) is 25.2 Å². The highest BCUT2D eigenvalue weighted by atomic mass is 16.8. The molecule has 4 heterocycles. The van der Waals surface area contributed by atoms with Gasteiger partial charge in [0.15, 0.2) is 0 Å². The van der Waals surface area contributed by atoms with E-state index in [0.29, 0.717) is 0 Å². The van der Waals surface area contributed by atoms with Crippen molar-refractivity contribution in [1.29, 1.82) is 0 Å². The predicted molar refractivity (Wildman–Crippen MR) is 174 cm³/mol. The molecule has 0 bridgehead atoms. The molecule has 0 aromatic heterocycles. The first-order valence-corrected chi connectivity index (χ1v) is 16.2. The normalized spacial score (nSPS) is 30.4. The Morgan fingerprint density at radius 1 is 0.630 bits per heavy atom. The van der Waals surface area contributed by atoms with Gasteiger partial charge in [-0.1, -0.05) is 36.5 Å². The van der Waals surface area contributed by atoms with Crippen LogP contribution in [0.3, 0.4) is 0 Å². The molecule has 1 saturated carbocycles. The first-order chi connectivity index (χ1) is 25.4. The fraction of sp³-hybridized carbons (Fsp3) is 0.361. The number of Topliss-reactive ketones (excluding diaryl/α,β-unsaturated/α-hetero) is 1. The lowest BCUT2D eigenvalue weighted by molar-refractivity contribution is -0.306. The number of esters is 6. The highest BCUT2D eigenvalue weighted by Gasteiger charge is 2.59. The lowest BCUT2D eigenvalue weighted by Crippen LogP contribution is -2.58. The van der Waals surface area contributed by atoms with Crippen molar-refractivity contribution >= 4 is 41.6 Å². The van der Waals surface area contributed by atoms with Crippen molar-refractivity contribution in [3.8, 4) is 0 Å². The van der Waals surface area contributed by atoms with Crippen LogP contribution in [-0.2, 0) is 76.2 Å². The van der Waals surface area contributed by atoms with E-state index in [1.54, 1.807) is 0 Å². The average molecular weight is 755 g/mol. The number of aliphatic hydroxyl groups is 2. The Kier molecular flexibility index (Phi) is 10.7. The second-order valence-corrected chi connectivity index (χ2v) is 12.5. The van der Waals surface area contributed by atoms with E-state index in [1.807, 2.05) is 0 Å².